The van der Waals surface area contributed by atoms with Crippen molar-refractivity contribution in [2.75, 3.05) is 33.9 Å². The number of nitrogens with zero attached hydrogens (tertiary/aromatic N) is 1. The second-order valence-electron chi connectivity index (χ2n) is 5.47. The number of benzene rings is 1. The summed E-state index contributed by atoms with van der Waals surface area (Å²) >= 11 is 0. The van der Waals surface area contributed by atoms with Crippen molar-refractivity contribution in [3.05, 3.63) is 23.8 Å². The third-order valence-electron chi connectivity index (χ3n) is 4.03. The molecule has 3 N–H and O–H groups in total. The number of nitrogens with two attached hydrogens (primary N) is 1. The highest BCUT2D eigenvalue weighted by molar-refractivity contribution is 5.80. The van der Waals surface area contributed by atoms with Crippen LogP contribution in [0.5, 0.6) is 11.5 Å². The highest BCUT2D eigenvalue weighted by atomic mass is 16.5. The van der Waals surface area contributed by atoms with Gasteiger partial charge in [-0.2, -0.15) is 0 Å². The van der Waals surface area contributed by atoms with E-state index in [2.05, 4.69) is 5.32 Å². The van der Waals surface area contributed by atoms with Crippen molar-refractivity contribution in [2.45, 2.75) is 12.8 Å². The van der Waals surface area contributed by atoms with Crippen LogP contribution in [0.15, 0.2) is 18.2 Å². The fourth-order valence-corrected chi connectivity index (χ4v) is 2.74. The summed E-state index contributed by atoms with van der Waals surface area (Å²) in [4.78, 5) is 24.8. The first-order valence-corrected chi connectivity index (χ1v) is 7.58. The zero-order chi connectivity index (χ0) is 16.8. The van der Waals surface area contributed by atoms with Crippen LogP contribution in [0, 0.1) is 5.92 Å². The number of hydrogen-bond donors (Lipinski definition) is 2. The molecule has 7 heteroatoms. The maximum absolute atomic E-state index is 12.1. The topological polar surface area (TPSA) is 93.9 Å². The van der Waals surface area contributed by atoms with Crippen LogP contribution < -0.4 is 20.5 Å². The number of amides is 3. The fraction of sp³-hybridized carbons (Fsp3) is 0.500. The van der Waals surface area contributed by atoms with Gasteiger partial charge < -0.3 is 25.4 Å². The predicted octanol–water partition coefficient (Wildman–Crippen LogP) is 0.763. The van der Waals surface area contributed by atoms with Crippen LogP contribution in [-0.4, -0.2) is 50.7 Å². The zero-order valence-corrected chi connectivity index (χ0v) is 13.5. The fourth-order valence-electron chi connectivity index (χ4n) is 2.74. The number of hydrogen-bond acceptors (Lipinski definition) is 4. The van der Waals surface area contributed by atoms with Gasteiger partial charge in [0.15, 0.2) is 11.5 Å². The van der Waals surface area contributed by atoms with Gasteiger partial charge in [0.1, 0.15) is 0 Å². The standard InChI is InChI=1S/C16H23N3O4/c1-22-13-5-3-4-11(14(13)23-2)6-8-18-16(21)19-9-7-12(10-19)15(17)20/h3-5,12H,6-10H2,1-2H3,(H2,17,20)(H,18,21)/t12-/m1/s1. The van der Waals surface area contributed by atoms with Crippen molar-refractivity contribution in [1.82, 2.24) is 10.2 Å². The molecule has 1 fully saturated rings. The van der Waals surface area contributed by atoms with E-state index in [0.717, 1.165) is 5.56 Å². The summed E-state index contributed by atoms with van der Waals surface area (Å²) in [5.41, 5.74) is 6.23. The van der Waals surface area contributed by atoms with Crippen molar-refractivity contribution in [3.8, 4) is 11.5 Å². The molecule has 2 rings (SSSR count). The van der Waals surface area contributed by atoms with E-state index >= 15 is 0 Å². The number of carbonyl (C=O) groups is 2. The molecule has 1 aromatic rings. The summed E-state index contributed by atoms with van der Waals surface area (Å²) in [5.74, 6) is 0.764. The van der Waals surface area contributed by atoms with Gasteiger partial charge >= 0.3 is 6.03 Å². The molecule has 3 amide bonds. The van der Waals surface area contributed by atoms with E-state index in [4.69, 9.17) is 15.2 Å². The number of carbonyl (C=O) groups excluding carboxylic acids is 2. The molecule has 1 aromatic carbocycles. The van der Waals surface area contributed by atoms with E-state index in [9.17, 15) is 9.59 Å². The number of likely N-dealkylation sites (tertiary alicyclic amines) is 1. The number of nitrogens with one attached hydrogen (secondary N) is 1. The van der Waals surface area contributed by atoms with Crippen LogP contribution in [0.2, 0.25) is 0 Å². The molecule has 0 bridgehead atoms. The van der Waals surface area contributed by atoms with Crippen molar-refractivity contribution in [2.24, 2.45) is 11.7 Å². The quantitative estimate of drug-likeness (QED) is 0.809. The van der Waals surface area contributed by atoms with E-state index in [1.54, 1.807) is 19.1 Å². The number of primary amides is 1. The molecule has 7 nitrogen and oxygen atoms in total. The molecule has 0 aliphatic carbocycles. The second-order valence-corrected chi connectivity index (χ2v) is 5.47. The van der Waals surface area contributed by atoms with Gasteiger partial charge in [-0.1, -0.05) is 12.1 Å². The molecule has 1 aliphatic heterocycles. The number of para-hydroxylation sites is 1. The van der Waals surface area contributed by atoms with E-state index in [0.29, 0.717) is 44.0 Å². The number of ether oxygens (including phenoxy) is 2. The van der Waals surface area contributed by atoms with E-state index in [-0.39, 0.29) is 17.9 Å². The van der Waals surface area contributed by atoms with Gasteiger partial charge in [-0.05, 0) is 24.5 Å². The lowest BCUT2D eigenvalue weighted by Crippen LogP contribution is -2.40. The van der Waals surface area contributed by atoms with Crippen molar-refractivity contribution < 1.29 is 19.1 Å². The van der Waals surface area contributed by atoms with Gasteiger partial charge in [-0.15, -0.1) is 0 Å². The third kappa shape index (κ3) is 4.06. The average Bonchev–Trinajstić information content (AvgIpc) is 3.04. The smallest absolute Gasteiger partial charge is 0.317 e. The minimum atomic E-state index is -0.346. The summed E-state index contributed by atoms with van der Waals surface area (Å²) in [6.45, 7) is 1.42. The maximum atomic E-state index is 12.1. The summed E-state index contributed by atoms with van der Waals surface area (Å²) in [5, 5.41) is 2.86. The highest BCUT2D eigenvalue weighted by Gasteiger charge is 2.29. The highest BCUT2D eigenvalue weighted by Crippen LogP contribution is 2.30. The molecule has 1 saturated heterocycles. The first-order valence-electron chi connectivity index (χ1n) is 7.58. The van der Waals surface area contributed by atoms with Crippen LogP contribution in [0.25, 0.3) is 0 Å². The van der Waals surface area contributed by atoms with Gasteiger partial charge in [0.05, 0.1) is 20.1 Å². The van der Waals surface area contributed by atoms with Crippen molar-refractivity contribution in [3.63, 3.8) is 0 Å². The lowest BCUT2D eigenvalue weighted by Gasteiger charge is -2.17. The first kappa shape index (κ1) is 16.9. The lowest BCUT2D eigenvalue weighted by atomic mass is 10.1. The zero-order valence-electron chi connectivity index (χ0n) is 13.5. The van der Waals surface area contributed by atoms with Crippen LogP contribution in [0.3, 0.4) is 0 Å². The van der Waals surface area contributed by atoms with Crippen LogP contribution in [-0.2, 0) is 11.2 Å². The maximum Gasteiger partial charge on any atom is 0.317 e. The van der Waals surface area contributed by atoms with Crippen LogP contribution in [0.4, 0.5) is 4.79 Å². The largest absolute Gasteiger partial charge is 0.493 e. The summed E-state index contributed by atoms with van der Waals surface area (Å²) in [6.07, 6.45) is 1.26. The van der Waals surface area contributed by atoms with Gasteiger partial charge in [-0.3, -0.25) is 4.79 Å². The van der Waals surface area contributed by atoms with Gasteiger partial charge in [0.2, 0.25) is 5.91 Å². The Bertz CT molecular complexity index is 576. The molecule has 1 atom stereocenters. The number of methoxy groups -OCH3 is 2. The monoisotopic (exact) mass is 321 g/mol. The van der Waals surface area contributed by atoms with E-state index in [1.807, 2.05) is 18.2 Å². The van der Waals surface area contributed by atoms with Gasteiger partial charge in [-0.25, -0.2) is 4.79 Å². The second kappa shape index (κ2) is 7.71. The molecule has 0 radical (unpaired) electrons. The third-order valence-corrected chi connectivity index (χ3v) is 4.03. The van der Waals surface area contributed by atoms with Crippen molar-refractivity contribution in [1.29, 1.82) is 0 Å². The Balaban J connectivity index is 1.86. The summed E-state index contributed by atoms with van der Waals surface area (Å²) < 4.78 is 10.6. The van der Waals surface area contributed by atoms with E-state index in [1.165, 1.54) is 0 Å². The molecule has 1 aliphatic rings. The molecule has 126 valence electrons. The first-order chi connectivity index (χ1) is 11.1. The lowest BCUT2D eigenvalue weighted by molar-refractivity contribution is -0.121. The molecule has 0 unspecified atom stereocenters. The minimum Gasteiger partial charge on any atom is -0.493 e. The Labute approximate surface area is 135 Å². The van der Waals surface area contributed by atoms with Crippen molar-refractivity contribution >= 4 is 11.9 Å². The van der Waals surface area contributed by atoms with E-state index < -0.39 is 0 Å². The molecule has 0 spiro atoms. The molecule has 1 heterocycles. The van der Waals surface area contributed by atoms with Crippen LogP contribution in [0.1, 0.15) is 12.0 Å². The summed E-state index contributed by atoms with van der Waals surface area (Å²) in [6, 6.07) is 5.48. The molecule has 23 heavy (non-hydrogen) atoms. The molecular formula is C16H23N3O4. The molecule has 0 aromatic heterocycles. The Morgan fingerprint density at radius 2 is 2.13 bits per heavy atom. The SMILES string of the molecule is COc1cccc(CCNC(=O)N2CC[C@@H](C(N)=O)C2)c1OC. The Morgan fingerprint density at radius 1 is 1.35 bits per heavy atom. The van der Waals surface area contributed by atoms with Crippen LogP contribution >= 0.6 is 0 Å². The van der Waals surface area contributed by atoms with Gasteiger partial charge in [0.25, 0.3) is 0 Å². The molecular weight excluding hydrogens is 298 g/mol. The minimum absolute atomic E-state index is 0.171. The Hall–Kier alpha value is -2.44. The Morgan fingerprint density at radius 3 is 2.74 bits per heavy atom. The molecule has 0 saturated carbocycles. The predicted molar refractivity (Wildman–Crippen MR) is 85.5 cm³/mol. The average molecular weight is 321 g/mol. The normalized spacial score (nSPS) is 17.0. The Kier molecular flexibility index (Phi) is 5.67. The summed E-state index contributed by atoms with van der Waals surface area (Å²) in [7, 11) is 3.18. The van der Waals surface area contributed by atoms with Gasteiger partial charge in [0, 0.05) is 19.6 Å². The number of rotatable bonds is 6. The number of urea groups is 1.